The molecule has 4 nitrogen and oxygen atoms in total. The van der Waals surface area contributed by atoms with Crippen molar-refractivity contribution < 1.29 is 9.90 Å². The van der Waals surface area contributed by atoms with E-state index in [9.17, 15) is 9.90 Å². The average molecular weight is 318 g/mol. The van der Waals surface area contributed by atoms with E-state index in [2.05, 4.69) is 10.2 Å². The molecule has 2 atom stereocenters. The molecule has 0 aromatic heterocycles. The molecule has 1 aromatic rings. The Morgan fingerprint density at radius 2 is 1.78 bits per heavy atom. The second kappa shape index (κ2) is 7.45. The summed E-state index contributed by atoms with van der Waals surface area (Å²) in [6.45, 7) is 9.68. The smallest absolute Gasteiger partial charge is 0.237 e. The summed E-state index contributed by atoms with van der Waals surface area (Å²) in [5, 5.41) is 13.6. The molecule has 1 aliphatic rings. The number of carbonyl (C=O) groups excluding carboxylic acids is 1. The van der Waals surface area contributed by atoms with Gasteiger partial charge < -0.3 is 10.4 Å². The lowest BCUT2D eigenvalue weighted by molar-refractivity contribution is -0.128. The largest absolute Gasteiger partial charge is 0.388 e. The first-order valence-electron chi connectivity index (χ1n) is 8.57. The molecule has 2 unspecified atom stereocenters. The maximum atomic E-state index is 12.3. The number of benzene rings is 1. The van der Waals surface area contributed by atoms with E-state index in [0.717, 1.165) is 31.5 Å². The molecule has 2 N–H and O–H groups in total. The van der Waals surface area contributed by atoms with Crippen molar-refractivity contribution in [3.63, 3.8) is 0 Å². The monoisotopic (exact) mass is 318 g/mol. The number of piperidine rings is 1. The van der Waals surface area contributed by atoms with Gasteiger partial charge in [-0.25, -0.2) is 0 Å². The lowest BCUT2D eigenvalue weighted by Crippen LogP contribution is -2.52. The third-order valence-corrected chi connectivity index (χ3v) is 4.59. The number of aliphatic hydroxyl groups is 1. The SMILES string of the molecule is CC(C(=O)NC(C)(C)C)N1CCC(C(O)c2ccccc2)CC1. The molecule has 1 aliphatic heterocycles. The van der Waals surface area contributed by atoms with Crippen LogP contribution >= 0.6 is 0 Å². The van der Waals surface area contributed by atoms with E-state index in [1.54, 1.807) is 0 Å². The number of nitrogens with one attached hydrogen (secondary N) is 1. The van der Waals surface area contributed by atoms with Gasteiger partial charge in [0.1, 0.15) is 0 Å². The standard InChI is InChI=1S/C19H30N2O2/c1-14(18(23)20-19(2,3)4)21-12-10-16(11-13-21)17(22)15-8-6-5-7-9-15/h5-9,14,16-17,22H,10-13H2,1-4H3,(H,20,23). The highest BCUT2D eigenvalue weighted by molar-refractivity contribution is 5.81. The highest BCUT2D eigenvalue weighted by atomic mass is 16.3. The van der Waals surface area contributed by atoms with Gasteiger partial charge in [0.15, 0.2) is 0 Å². The molecular weight excluding hydrogens is 288 g/mol. The fourth-order valence-corrected chi connectivity index (χ4v) is 3.18. The number of nitrogens with zero attached hydrogens (tertiary/aromatic N) is 1. The lowest BCUT2D eigenvalue weighted by Gasteiger charge is -2.38. The summed E-state index contributed by atoms with van der Waals surface area (Å²) in [7, 11) is 0. The van der Waals surface area contributed by atoms with Gasteiger partial charge in [0.25, 0.3) is 0 Å². The van der Waals surface area contributed by atoms with Crippen LogP contribution in [-0.2, 0) is 4.79 Å². The normalized spacial score (nSPS) is 20.0. The maximum absolute atomic E-state index is 12.3. The molecule has 1 amide bonds. The number of hydrogen-bond acceptors (Lipinski definition) is 3. The van der Waals surface area contributed by atoms with Crippen molar-refractivity contribution in [1.29, 1.82) is 0 Å². The predicted octanol–water partition coefficient (Wildman–Crippen LogP) is 2.74. The van der Waals surface area contributed by atoms with E-state index in [1.807, 2.05) is 58.0 Å². The van der Waals surface area contributed by atoms with E-state index in [1.165, 1.54) is 0 Å². The van der Waals surface area contributed by atoms with Crippen molar-refractivity contribution in [3.05, 3.63) is 35.9 Å². The van der Waals surface area contributed by atoms with Crippen LogP contribution < -0.4 is 5.32 Å². The van der Waals surface area contributed by atoms with Crippen LogP contribution in [0.1, 0.15) is 52.2 Å². The van der Waals surface area contributed by atoms with Crippen LogP contribution in [0.4, 0.5) is 0 Å². The molecule has 0 bridgehead atoms. The third kappa shape index (κ3) is 5.05. The van der Waals surface area contributed by atoms with E-state index < -0.39 is 6.10 Å². The summed E-state index contributed by atoms with van der Waals surface area (Å²) in [4.78, 5) is 14.5. The van der Waals surface area contributed by atoms with Gasteiger partial charge in [-0.2, -0.15) is 0 Å². The van der Waals surface area contributed by atoms with Crippen LogP contribution in [-0.4, -0.2) is 40.6 Å². The van der Waals surface area contributed by atoms with E-state index in [0.29, 0.717) is 0 Å². The van der Waals surface area contributed by atoms with Crippen LogP contribution in [0.25, 0.3) is 0 Å². The topological polar surface area (TPSA) is 52.6 Å². The molecule has 1 aromatic carbocycles. The summed E-state index contributed by atoms with van der Waals surface area (Å²) in [5.41, 5.74) is 0.789. The zero-order chi connectivity index (χ0) is 17.0. The first-order valence-corrected chi connectivity index (χ1v) is 8.57. The van der Waals surface area contributed by atoms with Gasteiger partial charge in [-0.1, -0.05) is 30.3 Å². The van der Waals surface area contributed by atoms with Gasteiger partial charge in [-0.15, -0.1) is 0 Å². The van der Waals surface area contributed by atoms with Gasteiger partial charge in [0.2, 0.25) is 5.91 Å². The highest BCUT2D eigenvalue weighted by Crippen LogP contribution is 2.31. The summed E-state index contributed by atoms with van der Waals surface area (Å²) in [5.74, 6) is 0.353. The number of likely N-dealkylation sites (tertiary alicyclic amines) is 1. The minimum absolute atomic E-state index is 0.0829. The van der Waals surface area contributed by atoms with Crippen LogP contribution in [0.3, 0.4) is 0 Å². The highest BCUT2D eigenvalue weighted by Gasteiger charge is 2.31. The summed E-state index contributed by atoms with van der Waals surface area (Å²) in [6, 6.07) is 9.74. The van der Waals surface area contributed by atoms with Crippen molar-refractivity contribution in [2.75, 3.05) is 13.1 Å². The van der Waals surface area contributed by atoms with E-state index >= 15 is 0 Å². The Hall–Kier alpha value is -1.39. The molecule has 0 radical (unpaired) electrons. The van der Waals surface area contributed by atoms with Gasteiger partial charge in [-0.3, -0.25) is 9.69 Å². The molecule has 0 saturated carbocycles. The molecule has 0 spiro atoms. The zero-order valence-corrected chi connectivity index (χ0v) is 14.7. The van der Waals surface area contributed by atoms with Gasteiger partial charge in [0, 0.05) is 5.54 Å². The minimum Gasteiger partial charge on any atom is -0.388 e. The molecule has 1 heterocycles. The number of amides is 1. The molecule has 4 heteroatoms. The first-order chi connectivity index (χ1) is 10.8. The van der Waals surface area contributed by atoms with Crippen LogP contribution in [0.5, 0.6) is 0 Å². The Morgan fingerprint density at radius 3 is 2.30 bits per heavy atom. The first kappa shape index (κ1) is 18.0. The molecule has 23 heavy (non-hydrogen) atoms. The average Bonchev–Trinajstić information content (AvgIpc) is 2.53. The Bertz CT molecular complexity index is 502. The third-order valence-electron chi connectivity index (χ3n) is 4.59. The summed E-state index contributed by atoms with van der Waals surface area (Å²) < 4.78 is 0. The molecule has 0 aliphatic carbocycles. The summed E-state index contributed by atoms with van der Waals surface area (Å²) in [6.07, 6.45) is 1.43. The fraction of sp³-hybridized carbons (Fsp3) is 0.632. The lowest BCUT2D eigenvalue weighted by atomic mass is 9.87. The number of carbonyl (C=O) groups is 1. The molecule has 2 rings (SSSR count). The van der Waals surface area contributed by atoms with Crippen LogP contribution in [0.15, 0.2) is 30.3 Å². The fourth-order valence-electron chi connectivity index (χ4n) is 3.18. The zero-order valence-electron chi connectivity index (χ0n) is 14.7. The Balaban J connectivity index is 1.87. The van der Waals surface area contributed by atoms with Gasteiger partial charge >= 0.3 is 0 Å². The molecule has 128 valence electrons. The van der Waals surface area contributed by atoms with Gasteiger partial charge in [0.05, 0.1) is 12.1 Å². The van der Waals surface area contributed by atoms with Crippen molar-refractivity contribution in [2.45, 2.75) is 58.2 Å². The molecule has 1 fully saturated rings. The van der Waals surface area contributed by atoms with Crippen molar-refractivity contribution in [3.8, 4) is 0 Å². The number of aliphatic hydroxyl groups excluding tert-OH is 1. The molecule has 1 saturated heterocycles. The second-order valence-electron chi connectivity index (χ2n) is 7.64. The Morgan fingerprint density at radius 1 is 1.22 bits per heavy atom. The molecular formula is C19H30N2O2. The quantitative estimate of drug-likeness (QED) is 0.897. The Labute approximate surface area is 139 Å². The van der Waals surface area contributed by atoms with Crippen LogP contribution in [0, 0.1) is 5.92 Å². The number of hydrogen-bond donors (Lipinski definition) is 2. The van der Waals surface area contributed by atoms with E-state index in [-0.39, 0.29) is 23.4 Å². The van der Waals surface area contributed by atoms with Crippen molar-refractivity contribution in [2.24, 2.45) is 5.92 Å². The minimum atomic E-state index is -0.406. The maximum Gasteiger partial charge on any atom is 0.237 e. The van der Waals surface area contributed by atoms with Crippen LogP contribution in [0.2, 0.25) is 0 Å². The Kier molecular flexibility index (Phi) is 5.82. The van der Waals surface area contributed by atoms with Gasteiger partial charge in [-0.05, 0) is 65.1 Å². The second-order valence-corrected chi connectivity index (χ2v) is 7.64. The predicted molar refractivity (Wildman–Crippen MR) is 93.1 cm³/mol. The summed E-state index contributed by atoms with van der Waals surface area (Å²) >= 11 is 0. The van der Waals surface area contributed by atoms with E-state index in [4.69, 9.17) is 0 Å². The van der Waals surface area contributed by atoms with Crippen molar-refractivity contribution in [1.82, 2.24) is 10.2 Å². The van der Waals surface area contributed by atoms with Crippen molar-refractivity contribution >= 4 is 5.91 Å². The number of rotatable bonds is 4.